The number of methoxy groups -OCH3 is 2. The topological polar surface area (TPSA) is 97.3 Å². The first kappa shape index (κ1) is 26.2. The largest absolute Gasteiger partial charge is 0.497 e. The van der Waals surface area contributed by atoms with Crippen LogP contribution >= 0.6 is 23.4 Å². The molecule has 1 fully saturated rings. The number of thioether (sulfide) groups is 1. The predicted octanol–water partition coefficient (Wildman–Crippen LogP) is 5.30. The molecule has 0 aliphatic carbocycles. The molecule has 1 heterocycles. The summed E-state index contributed by atoms with van der Waals surface area (Å²) in [5.41, 5.74) is 2.43. The molecule has 1 atom stereocenters. The van der Waals surface area contributed by atoms with Gasteiger partial charge < -0.3 is 14.8 Å². The lowest BCUT2D eigenvalue weighted by atomic mass is 10.2. The minimum absolute atomic E-state index is 0.0407. The molecule has 190 valence electrons. The van der Waals surface area contributed by atoms with Gasteiger partial charge in [0, 0.05) is 17.1 Å². The van der Waals surface area contributed by atoms with Gasteiger partial charge in [-0.15, -0.1) is 0 Å². The minimum atomic E-state index is -0.640. The number of rotatable bonds is 8. The summed E-state index contributed by atoms with van der Waals surface area (Å²) in [6.07, 6.45) is -0.0407. The maximum absolute atomic E-state index is 13.4. The van der Waals surface area contributed by atoms with Crippen molar-refractivity contribution in [2.75, 3.05) is 19.5 Å². The maximum Gasteiger partial charge on any atom is 0.337 e. The van der Waals surface area contributed by atoms with Crippen molar-refractivity contribution in [3.8, 4) is 5.75 Å². The average Bonchev–Trinajstić information content (AvgIpc) is 3.19. The molecule has 2 amide bonds. The van der Waals surface area contributed by atoms with Gasteiger partial charge in [-0.3, -0.25) is 14.5 Å². The highest BCUT2D eigenvalue weighted by Crippen LogP contribution is 2.33. The van der Waals surface area contributed by atoms with Gasteiger partial charge >= 0.3 is 5.97 Å². The van der Waals surface area contributed by atoms with Crippen LogP contribution in [0.25, 0.3) is 0 Å². The van der Waals surface area contributed by atoms with Crippen LogP contribution in [0.4, 0.5) is 11.4 Å². The van der Waals surface area contributed by atoms with E-state index in [1.165, 1.54) is 18.9 Å². The Morgan fingerprint density at radius 2 is 1.68 bits per heavy atom. The van der Waals surface area contributed by atoms with E-state index < -0.39 is 11.2 Å². The third kappa shape index (κ3) is 6.69. The van der Waals surface area contributed by atoms with Gasteiger partial charge in [0.2, 0.25) is 11.8 Å². The van der Waals surface area contributed by atoms with Crippen LogP contribution in [0.15, 0.2) is 77.8 Å². The van der Waals surface area contributed by atoms with E-state index in [-0.39, 0.29) is 18.2 Å². The zero-order valence-corrected chi connectivity index (χ0v) is 21.7. The van der Waals surface area contributed by atoms with Crippen LogP contribution in [0.3, 0.4) is 0 Å². The van der Waals surface area contributed by atoms with Gasteiger partial charge in [0.05, 0.1) is 32.0 Å². The van der Waals surface area contributed by atoms with E-state index in [4.69, 9.17) is 16.3 Å². The Hall–Kier alpha value is -3.82. The van der Waals surface area contributed by atoms with Crippen molar-refractivity contribution in [2.45, 2.75) is 18.2 Å². The number of anilines is 1. The third-order valence-corrected chi connectivity index (χ3v) is 6.96. The number of halogens is 1. The lowest BCUT2D eigenvalue weighted by Gasteiger charge is -2.17. The van der Waals surface area contributed by atoms with Crippen LogP contribution in [-0.2, 0) is 20.9 Å². The van der Waals surface area contributed by atoms with E-state index in [0.29, 0.717) is 33.7 Å². The molecule has 0 aromatic heterocycles. The van der Waals surface area contributed by atoms with E-state index in [1.54, 1.807) is 60.5 Å². The Kier molecular flexibility index (Phi) is 8.47. The number of ether oxygens (including phenoxy) is 2. The molecular weight excluding hydrogens is 514 g/mol. The van der Waals surface area contributed by atoms with Gasteiger partial charge in [-0.05, 0) is 66.2 Å². The predicted molar refractivity (Wildman–Crippen MR) is 144 cm³/mol. The Balaban J connectivity index is 1.50. The number of amides is 2. The summed E-state index contributed by atoms with van der Waals surface area (Å²) in [5.74, 6) is -0.274. The van der Waals surface area contributed by atoms with Crippen molar-refractivity contribution in [1.82, 2.24) is 4.90 Å². The maximum atomic E-state index is 13.4. The first-order valence-corrected chi connectivity index (χ1v) is 12.6. The first-order chi connectivity index (χ1) is 17.9. The van der Waals surface area contributed by atoms with Crippen molar-refractivity contribution < 1.29 is 23.9 Å². The van der Waals surface area contributed by atoms with Crippen molar-refractivity contribution in [1.29, 1.82) is 0 Å². The number of hydrogen-bond donors (Lipinski definition) is 1. The Labute approximate surface area is 223 Å². The average molecular weight is 538 g/mol. The number of esters is 1. The number of hydrogen-bond acceptors (Lipinski definition) is 7. The summed E-state index contributed by atoms with van der Waals surface area (Å²) in [4.78, 5) is 44.0. The van der Waals surface area contributed by atoms with Gasteiger partial charge in [0.15, 0.2) is 5.17 Å². The summed E-state index contributed by atoms with van der Waals surface area (Å²) >= 11 is 7.24. The molecule has 4 rings (SSSR count). The van der Waals surface area contributed by atoms with Gasteiger partial charge in [-0.1, -0.05) is 35.5 Å². The third-order valence-electron chi connectivity index (χ3n) is 5.53. The molecule has 10 heteroatoms. The molecule has 0 unspecified atom stereocenters. The number of nitrogens with zero attached hydrogens (tertiary/aromatic N) is 2. The van der Waals surface area contributed by atoms with Crippen molar-refractivity contribution in [3.63, 3.8) is 0 Å². The number of benzene rings is 3. The number of carbonyl (C=O) groups is 3. The highest BCUT2D eigenvalue weighted by molar-refractivity contribution is 8.15. The lowest BCUT2D eigenvalue weighted by molar-refractivity contribution is -0.128. The molecular formula is C27H24ClN3O5S. The van der Waals surface area contributed by atoms with Crippen molar-refractivity contribution in [3.05, 3.63) is 88.9 Å². The second-order valence-corrected chi connectivity index (χ2v) is 9.68. The zero-order valence-electron chi connectivity index (χ0n) is 20.1. The molecule has 0 spiro atoms. The smallest absolute Gasteiger partial charge is 0.337 e. The molecule has 3 aromatic carbocycles. The van der Waals surface area contributed by atoms with E-state index >= 15 is 0 Å². The number of carbonyl (C=O) groups excluding carboxylic acids is 3. The standard InChI is InChI=1S/C27H24ClN3O5S/c1-35-22-13-3-17(4-14-22)16-31-25(33)23(37-27(31)30-21-11-7-19(28)8-12-21)15-24(32)29-20-9-5-18(6-10-20)26(34)36-2/h3-14,23H,15-16H2,1-2H3,(H,29,32)/t23-/m1/s1. The quantitative estimate of drug-likeness (QED) is 0.392. The fourth-order valence-corrected chi connectivity index (χ4v) is 4.88. The SMILES string of the molecule is COC(=O)c1ccc(NC(=O)C[C@H]2SC(=Nc3ccc(Cl)cc3)N(Cc3ccc(OC)cc3)C2=O)cc1. The summed E-state index contributed by atoms with van der Waals surface area (Å²) in [6.45, 7) is 0.301. The van der Waals surface area contributed by atoms with Crippen LogP contribution < -0.4 is 10.1 Å². The molecule has 0 saturated carbocycles. The van der Waals surface area contributed by atoms with E-state index in [9.17, 15) is 14.4 Å². The second-order valence-electron chi connectivity index (χ2n) is 8.07. The molecule has 37 heavy (non-hydrogen) atoms. The van der Waals surface area contributed by atoms with E-state index in [2.05, 4.69) is 15.0 Å². The second kappa shape index (κ2) is 11.9. The van der Waals surface area contributed by atoms with E-state index in [0.717, 1.165) is 11.3 Å². The van der Waals surface area contributed by atoms with Crippen LogP contribution in [0.2, 0.25) is 5.02 Å². The number of aliphatic imine (C=N–C) groups is 1. The lowest BCUT2D eigenvalue weighted by Crippen LogP contribution is -2.33. The molecule has 1 N–H and O–H groups in total. The van der Waals surface area contributed by atoms with Crippen LogP contribution in [0.1, 0.15) is 22.3 Å². The fourth-order valence-electron chi connectivity index (χ4n) is 3.60. The molecule has 8 nitrogen and oxygen atoms in total. The van der Waals surface area contributed by atoms with Crippen LogP contribution in [0.5, 0.6) is 5.75 Å². The van der Waals surface area contributed by atoms with E-state index in [1.807, 2.05) is 24.3 Å². The van der Waals surface area contributed by atoms with Crippen LogP contribution in [-0.4, -0.2) is 47.3 Å². The normalized spacial score (nSPS) is 16.1. The summed E-state index contributed by atoms with van der Waals surface area (Å²) in [6, 6.07) is 20.8. The first-order valence-electron chi connectivity index (χ1n) is 11.3. The molecule has 1 aliphatic heterocycles. The van der Waals surface area contributed by atoms with Crippen molar-refractivity contribution in [2.24, 2.45) is 4.99 Å². The highest BCUT2D eigenvalue weighted by atomic mass is 35.5. The Morgan fingerprint density at radius 1 is 1.00 bits per heavy atom. The molecule has 0 bridgehead atoms. The summed E-state index contributed by atoms with van der Waals surface area (Å²) < 4.78 is 9.90. The Bertz CT molecular complexity index is 1310. The molecule has 0 radical (unpaired) electrons. The number of amidine groups is 1. The van der Waals surface area contributed by atoms with Gasteiger partial charge in [-0.2, -0.15) is 0 Å². The number of nitrogens with one attached hydrogen (secondary N) is 1. The Morgan fingerprint density at radius 3 is 2.30 bits per heavy atom. The highest BCUT2D eigenvalue weighted by Gasteiger charge is 2.39. The fraction of sp³-hybridized carbons (Fsp3) is 0.185. The van der Waals surface area contributed by atoms with Crippen molar-refractivity contribution >= 4 is 57.7 Å². The molecule has 3 aromatic rings. The molecule has 1 saturated heterocycles. The van der Waals surface area contributed by atoms with Crippen LogP contribution in [0, 0.1) is 0 Å². The minimum Gasteiger partial charge on any atom is -0.497 e. The monoisotopic (exact) mass is 537 g/mol. The van der Waals surface area contributed by atoms with Gasteiger partial charge in [-0.25, -0.2) is 9.79 Å². The molecule has 1 aliphatic rings. The summed E-state index contributed by atoms with van der Waals surface area (Å²) in [5, 5.41) is 3.23. The van der Waals surface area contributed by atoms with Gasteiger partial charge in [0.1, 0.15) is 11.0 Å². The summed E-state index contributed by atoms with van der Waals surface area (Å²) in [7, 11) is 2.90. The van der Waals surface area contributed by atoms with Gasteiger partial charge in [0.25, 0.3) is 0 Å². The zero-order chi connectivity index (χ0) is 26.4.